The maximum atomic E-state index is 14.2. The minimum Gasteiger partial charge on any atom is -0.486 e. The van der Waals surface area contributed by atoms with Crippen molar-refractivity contribution in [3.8, 4) is 5.75 Å². The zero-order valence-corrected chi connectivity index (χ0v) is 19.0. The number of hydrogen-bond acceptors (Lipinski definition) is 5. The van der Waals surface area contributed by atoms with Gasteiger partial charge < -0.3 is 19.9 Å². The Hall–Kier alpha value is -3.66. The highest BCUT2D eigenvalue weighted by atomic mass is 19.4. The Kier molecular flexibility index (Phi) is 7.20. The van der Waals surface area contributed by atoms with Crippen LogP contribution < -0.4 is 15.0 Å². The largest absolute Gasteiger partial charge is 0.486 e. The van der Waals surface area contributed by atoms with Crippen molar-refractivity contribution in [2.24, 2.45) is 0 Å². The van der Waals surface area contributed by atoms with E-state index >= 15 is 0 Å². The molecule has 4 rings (SSSR count). The molecule has 184 valence electrons. The number of ether oxygens (including phenoxy) is 1. The van der Waals surface area contributed by atoms with Crippen molar-refractivity contribution >= 4 is 17.3 Å². The molecule has 0 bridgehead atoms. The first-order valence-corrected chi connectivity index (χ1v) is 11.0. The summed E-state index contributed by atoms with van der Waals surface area (Å²) in [5, 5.41) is 2.47. The molecule has 1 aliphatic rings. The van der Waals surface area contributed by atoms with Gasteiger partial charge in [-0.05, 0) is 49.5 Å². The third kappa shape index (κ3) is 6.07. The fourth-order valence-corrected chi connectivity index (χ4v) is 3.77. The summed E-state index contributed by atoms with van der Waals surface area (Å²) < 4.78 is 61.1. The summed E-state index contributed by atoms with van der Waals surface area (Å²) >= 11 is 0. The maximum absolute atomic E-state index is 14.2. The van der Waals surface area contributed by atoms with Crippen LogP contribution in [0.25, 0.3) is 0 Å². The molecule has 0 radical (unpaired) electrons. The number of anilines is 2. The lowest BCUT2D eigenvalue weighted by atomic mass is 10.1. The number of hydrogen-bond donors (Lipinski definition) is 1. The number of halogens is 4. The van der Waals surface area contributed by atoms with Crippen LogP contribution in [0.15, 0.2) is 60.9 Å². The van der Waals surface area contributed by atoms with Gasteiger partial charge >= 0.3 is 6.18 Å². The first-order chi connectivity index (χ1) is 16.7. The number of rotatable bonds is 6. The number of carbonyl (C=O) groups is 1. The average Bonchev–Trinajstić information content (AvgIpc) is 2.84. The molecular formula is C25H24F4N4O2. The van der Waals surface area contributed by atoms with Gasteiger partial charge in [-0.15, -0.1) is 0 Å². The first kappa shape index (κ1) is 24.5. The van der Waals surface area contributed by atoms with Crippen molar-refractivity contribution in [2.75, 3.05) is 43.4 Å². The number of piperazine rings is 1. The molecule has 0 spiro atoms. The molecule has 2 heterocycles. The summed E-state index contributed by atoms with van der Waals surface area (Å²) in [5.74, 6) is -1.50. The van der Waals surface area contributed by atoms with E-state index in [4.69, 9.17) is 4.74 Å². The minimum absolute atomic E-state index is 0.0117. The molecule has 1 amide bonds. The number of nitrogens with zero attached hydrogens (tertiary/aromatic N) is 3. The highest BCUT2D eigenvalue weighted by molar-refractivity contribution is 6.04. The molecule has 0 saturated carbocycles. The minimum atomic E-state index is -4.59. The van der Waals surface area contributed by atoms with E-state index in [1.807, 2.05) is 7.05 Å². The van der Waals surface area contributed by atoms with E-state index in [0.717, 1.165) is 12.1 Å². The van der Waals surface area contributed by atoms with E-state index in [9.17, 15) is 22.4 Å². The predicted octanol–water partition coefficient (Wildman–Crippen LogP) is 4.82. The van der Waals surface area contributed by atoms with Gasteiger partial charge in [-0.25, -0.2) is 4.39 Å². The molecule has 3 aromatic rings. The molecule has 1 fully saturated rings. The van der Waals surface area contributed by atoms with Crippen LogP contribution in [0.4, 0.5) is 28.9 Å². The van der Waals surface area contributed by atoms with E-state index in [0.29, 0.717) is 31.7 Å². The lowest BCUT2D eigenvalue weighted by Crippen LogP contribution is -2.45. The van der Waals surface area contributed by atoms with Crippen molar-refractivity contribution in [1.29, 1.82) is 0 Å². The number of benzene rings is 2. The van der Waals surface area contributed by atoms with E-state index < -0.39 is 23.5 Å². The van der Waals surface area contributed by atoms with Gasteiger partial charge in [0.1, 0.15) is 6.61 Å². The molecule has 0 unspecified atom stereocenters. The average molecular weight is 488 g/mol. The Bertz CT molecular complexity index is 1180. The SMILES string of the molecule is CN1CCN(c2ccc(NC(=O)c3ccc(F)c(OCc4cccnc4)c3)cc2C(F)(F)F)CC1. The fourth-order valence-electron chi connectivity index (χ4n) is 3.77. The maximum Gasteiger partial charge on any atom is 0.418 e. The second-order valence-electron chi connectivity index (χ2n) is 8.27. The van der Waals surface area contributed by atoms with Crippen molar-refractivity contribution in [3.63, 3.8) is 0 Å². The normalized spacial score (nSPS) is 14.6. The molecule has 6 nitrogen and oxygen atoms in total. The lowest BCUT2D eigenvalue weighted by molar-refractivity contribution is -0.137. The number of alkyl halides is 3. The Labute approximate surface area is 200 Å². The third-order valence-electron chi connectivity index (χ3n) is 5.71. The number of nitrogens with one attached hydrogen (secondary N) is 1. The number of likely N-dealkylation sites (N-methyl/N-ethyl adjacent to an activating group) is 1. The molecule has 1 aliphatic heterocycles. The quantitative estimate of drug-likeness (QED) is 0.504. The molecule has 2 aromatic carbocycles. The zero-order valence-electron chi connectivity index (χ0n) is 19.0. The number of carbonyl (C=O) groups excluding carboxylic acids is 1. The topological polar surface area (TPSA) is 57.7 Å². The van der Waals surface area contributed by atoms with Crippen molar-refractivity contribution < 1.29 is 27.1 Å². The second-order valence-corrected chi connectivity index (χ2v) is 8.27. The molecule has 0 aliphatic carbocycles. The van der Waals surface area contributed by atoms with Crippen LogP contribution in [-0.2, 0) is 12.8 Å². The summed E-state index contributed by atoms with van der Waals surface area (Å²) in [6.07, 6.45) is -1.43. The first-order valence-electron chi connectivity index (χ1n) is 11.0. The highest BCUT2D eigenvalue weighted by Gasteiger charge is 2.36. The van der Waals surface area contributed by atoms with Gasteiger partial charge in [0.2, 0.25) is 0 Å². The zero-order chi connectivity index (χ0) is 25.0. The summed E-state index contributed by atoms with van der Waals surface area (Å²) in [7, 11) is 1.92. The van der Waals surface area contributed by atoms with Crippen LogP contribution in [-0.4, -0.2) is 49.0 Å². The Balaban J connectivity index is 1.51. The summed E-state index contributed by atoms with van der Waals surface area (Å²) in [6.45, 7) is 2.31. The fraction of sp³-hybridized carbons (Fsp3) is 0.280. The number of pyridine rings is 1. The van der Waals surface area contributed by atoms with E-state index in [-0.39, 0.29) is 29.3 Å². The molecular weight excluding hydrogens is 464 g/mol. The monoisotopic (exact) mass is 488 g/mol. The Morgan fingerprint density at radius 3 is 2.54 bits per heavy atom. The van der Waals surface area contributed by atoms with Crippen LogP contribution in [0.3, 0.4) is 0 Å². The van der Waals surface area contributed by atoms with Gasteiger partial charge in [0, 0.05) is 61.1 Å². The second kappa shape index (κ2) is 10.3. The van der Waals surface area contributed by atoms with Crippen molar-refractivity contribution in [3.05, 3.63) is 83.4 Å². The van der Waals surface area contributed by atoms with Crippen LogP contribution in [0.1, 0.15) is 21.5 Å². The molecule has 10 heteroatoms. The standard InChI is InChI=1S/C25H24F4N4O2/c1-32-9-11-33(12-10-32)22-7-5-19(14-20(22)25(27,28)29)31-24(34)18-4-6-21(26)23(13-18)35-16-17-3-2-8-30-15-17/h2-8,13-15H,9-12,16H2,1H3,(H,31,34). The van der Waals surface area contributed by atoms with Gasteiger partial charge in [-0.3, -0.25) is 9.78 Å². The van der Waals surface area contributed by atoms with E-state index in [1.165, 1.54) is 24.3 Å². The van der Waals surface area contributed by atoms with E-state index in [2.05, 4.69) is 15.2 Å². The summed E-state index contributed by atoms with van der Waals surface area (Å²) in [4.78, 5) is 20.4. The lowest BCUT2D eigenvalue weighted by Gasteiger charge is -2.35. The smallest absolute Gasteiger partial charge is 0.418 e. The number of amides is 1. The Morgan fingerprint density at radius 1 is 1.09 bits per heavy atom. The van der Waals surface area contributed by atoms with Crippen molar-refractivity contribution in [1.82, 2.24) is 9.88 Å². The highest BCUT2D eigenvalue weighted by Crippen LogP contribution is 2.38. The molecule has 1 N–H and O–H groups in total. The van der Waals surface area contributed by atoms with E-state index in [1.54, 1.807) is 29.4 Å². The van der Waals surface area contributed by atoms with Gasteiger partial charge in [0.05, 0.1) is 5.56 Å². The predicted molar refractivity (Wildman–Crippen MR) is 124 cm³/mol. The molecule has 0 atom stereocenters. The van der Waals surface area contributed by atoms with Gasteiger partial charge in [-0.1, -0.05) is 6.07 Å². The third-order valence-corrected chi connectivity index (χ3v) is 5.71. The summed E-state index contributed by atoms with van der Waals surface area (Å²) in [6, 6.07) is 10.7. The Morgan fingerprint density at radius 2 is 1.86 bits per heavy atom. The van der Waals surface area contributed by atoms with Gasteiger partial charge in [-0.2, -0.15) is 13.2 Å². The van der Waals surface area contributed by atoms with Crippen LogP contribution in [0, 0.1) is 5.82 Å². The van der Waals surface area contributed by atoms with Crippen LogP contribution in [0.5, 0.6) is 5.75 Å². The van der Waals surface area contributed by atoms with Crippen LogP contribution >= 0.6 is 0 Å². The van der Waals surface area contributed by atoms with Crippen molar-refractivity contribution in [2.45, 2.75) is 12.8 Å². The van der Waals surface area contributed by atoms with Crippen LogP contribution in [0.2, 0.25) is 0 Å². The molecule has 1 aromatic heterocycles. The van der Waals surface area contributed by atoms with Gasteiger partial charge in [0.15, 0.2) is 11.6 Å². The number of aromatic nitrogens is 1. The molecule has 1 saturated heterocycles. The molecule has 35 heavy (non-hydrogen) atoms. The summed E-state index contributed by atoms with van der Waals surface area (Å²) in [5.41, 5.74) is 0.00411. The van der Waals surface area contributed by atoms with Gasteiger partial charge in [0.25, 0.3) is 5.91 Å².